The van der Waals surface area contributed by atoms with Crippen molar-refractivity contribution >= 4 is 34.3 Å². The molecule has 0 aliphatic carbocycles. The lowest BCUT2D eigenvalue weighted by molar-refractivity contribution is 0.248. The normalized spacial score (nSPS) is 14.5. The summed E-state index contributed by atoms with van der Waals surface area (Å²) in [6.07, 6.45) is 2.62. The maximum atomic E-state index is 9.33. The number of fused-ring (bicyclic) bond motifs is 1. The lowest BCUT2D eigenvalue weighted by Crippen LogP contribution is -2.33. The van der Waals surface area contributed by atoms with Gasteiger partial charge in [0, 0.05) is 48.8 Å². The molecule has 0 saturated carbocycles. The van der Waals surface area contributed by atoms with Crippen LogP contribution >= 0.6 is 23.4 Å². The average Bonchev–Trinajstić information content (AvgIpc) is 2.67. The van der Waals surface area contributed by atoms with Gasteiger partial charge in [0.1, 0.15) is 11.8 Å². The predicted octanol–water partition coefficient (Wildman–Crippen LogP) is 4.60. The highest BCUT2D eigenvalue weighted by molar-refractivity contribution is 7.99. The quantitative estimate of drug-likeness (QED) is 0.712. The number of thioether (sulfide) groups is 1. The van der Waals surface area contributed by atoms with Crippen molar-refractivity contribution in [2.24, 2.45) is 0 Å². The highest BCUT2D eigenvalue weighted by Crippen LogP contribution is 2.28. The van der Waals surface area contributed by atoms with Gasteiger partial charge in [0.25, 0.3) is 0 Å². The van der Waals surface area contributed by atoms with Gasteiger partial charge in [-0.25, -0.2) is 0 Å². The van der Waals surface area contributed by atoms with Crippen molar-refractivity contribution in [1.82, 2.24) is 9.88 Å². The maximum absolute atomic E-state index is 9.33. The highest BCUT2D eigenvalue weighted by atomic mass is 35.5. The van der Waals surface area contributed by atoms with E-state index in [1.165, 1.54) is 11.5 Å². The standard InChI is InChI=1S/C17H18ClN3OS.C2H6/c18-15-2-3-20-16-11-17(13(12-19)10-14(15)16)22-7-1-4-21-5-8-23-9-6-21;1-2/h2-3,10-11H,1,4-9H2;1-2H3. The summed E-state index contributed by atoms with van der Waals surface area (Å²) in [5.41, 5.74) is 1.25. The van der Waals surface area contributed by atoms with E-state index in [0.29, 0.717) is 22.9 Å². The van der Waals surface area contributed by atoms with Gasteiger partial charge >= 0.3 is 0 Å². The van der Waals surface area contributed by atoms with Gasteiger partial charge in [0.15, 0.2) is 0 Å². The molecule has 0 N–H and O–H groups in total. The van der Waals surface area contributed by atoms with E-state index in [9.17, 15) is 5.26 Å². The number of halogens is 1. The molecule has 1 aliphatic heterocycles. The Labute approximate surface area is 159 Å². The smallest absolute Gasteiger partial charge is 0.139 e. The zero-order valence-electron chi connectivity index (χ0n) is 14.8. The summed E-state index contributed by atoms with van der Waals surface area (Å²) >= 11 is 8.17. The van der Waals surface area contributed by atoms with Crippen molar-refractivity contribution in [3.8, 4) is 11.8 Å². The van der Waals surface area contributed by atoms with Crippen molar-refractivity contribution in [3.63, 3.8) is 0 Å². The molecule has 25 heavy (non-hydrogen) atoms. The molecule has 1 aromatic heterocycles. The number of aromatic nitrogens is 1. The van der Waals surface area contributed by atoms with Crippen LogP contribution in [-0.4, -0.2) is 47.6 Å². The van der Waals surface area contributed by atoms with Crippen LogP contribution in [0.4, 0.5) is 0 Å². The molecule has 0 radical (unpaired) electrons. The number of nitrogens with zero attached hydrogens (tertiary/aromatic N) is 3. The first kappa shape index (κ1) is 19.8. The Balaban J connectivity index is 0.00000109. The van der Waals surface area contributed by atoms with Gasteiger partial charge in [0.2, 0.25) is 0 Å². The fraction of sp³-hybridized carbons (Fsp3) is 0.474. The third-order valence-electron chi connectivity index (χ3n) is 3.89. The molecule has 0 spiro atoms. The van der Waals surface area contributed by atoms with E-state index in [4.69, 9.17) is 16.3 Å². The van der Waals surface area contributed by atoms with Crippen LogP contribution in [0.5, 0.6) is 5.75 Å². The molecule has 6 heteroatoms. The van der Waals surface area contributed by atoms with Crippen molar-refractivity contribution in [1.29, 1.82) is 5.26 Å². The van der Waals surface area contributed by atoms with Crippen LogP contribution < -0.4 is 4.74 Å². The van der Waals surface area contributed by atoms with E-state index in [-0.39, 0.29) is 0 Å². The Bertz CT molecular complexity index is 726. The van der Waals surface area contributed by atoms with Gasteiger partial charge in [-0.3, -0.25) is 4.98 Å². The number of benzene rings is 1. The molecule has 1 aromatic carbocycles. The first-order valence-corrected chi connectivity index (χ1v) is 10.2. The maximum Gasteiger partial charge on any atom is 0.139 e. The van der Waals surface area contributed by atoms with Gasteiger partial charge in [-0.1, -0.05) is 25.4 Å². The van der Waals surface area contributed by atoms with E-state index in [2.05, 4.69) is 16.0 Å². The average molecular weight is 378 g/mol. The first-order chi connectivity index (χ1) is 12.3. The van der Waals surface area contributed by atoms with Crippen LogP contribution in [0.15, 0.2) is 24.4 Å². The second-order valence-corrected chi connectivity index (χ2v) is 7.06. The van der Waals surface area contributed by atoms with E-state index < -0.39 is 0 Å². The summed E-state index contributed by atoms with van der Waals surface area (Å²) in [5.74, 6) is 3.02. The zero-order chi connectivity index (χ0) is 18.1. The highest BCUT2D eigenvalue weighted by Gasteiger charge is 2.11. The van der Waals surface area contributed by atoms with Crippen LogP contribution in [0.1, 0.15) is 25.8 Å². The molecular weight excluding hydrogens is 354 g/mol. The van der Waals surface area contributed by atoms with Gasteiger partial charge < -0.3 is 9.64 Å². The predicted molar refractivity (Wildman–Crippen MR) is 107 cm³/mol. The second-order valence-electron chi connectivity index (χ2n) is 5.43. The minimum Gasteiger partial charge on any atom is -0.492 e. The van der Waals surface area contributed by atoms with Crippen molar-refractivity contribution in [3.05, 3.63) is 35.0 Å². The molecule has 4 nitrogen and oxygen atoms in total. The number of pyridine rings is 1. The molecule has 0 unspecified atom stereocenters. The minimum atomic E-state index is 0.502. The van der Waals surface area contributed by atoms with Crippen molar-refractivity contribution < 1.29 is 4.74 Å². The summed E-state index contributed by atoms with van der Waals surface area (Å²) in [6.45, 7) is 7.96. The van der Waals surface area contributed by atoms with Crippen molar-refractivity contribution in [2.45, 2.75) is 20.3 Å². The zero-order valence-corrected chi connectivity index (χ0v) is 16.4. The number of hydrogen-bond acceptors (Lipinski definition) is 5. The van der Waals surface area contributed by atoms with Gasteiger partial charge in [-0.05, 0) is 18.6 Å². The number of rotatable bonds is 5. The Morgan fingerprint density at radius 2 is 2.08 bits per heavy atom. The fourth-order valence-corrected chi connectivity index (χ4v) is 3.83. The van der Waals surface area contributed by atoms with Crippen LogP contribution in [0.2, 0.25) is 5.02 Å². The SMILES string of the molecule is CC.N#Cc1cc2c(Cl)ccnc2cc1OCCCN1CCSCC1. The fourth-order valence-electron chi connectivity index (χ4n) is 2.64. The molecule has 1 fully saturated rings. The van der Waals surface area contributed by atoms with E-state index in [1.807, 2.05) is 25.6 Å². The molecule has 134 valence electrons. The van der Waals surface area contributed by atoms with Crippen LogP contribution in [0.25, 0.3) is 10.9 Å². The molecule has 2 heterocycles. The molecule has 2 aromatic rings. The summed E-state index contributed by atoms with van der Waals surface area (Å²) in [4.78, 5) is 6.76. The monoisotopic (exact) mass is 377 g/mol. The topological polar surface area (TPSA) is 49.1 Å². The molecule has 1 aliphatic rings. The number of hydrogen-bond donors (Lipinski definition) is 0. The molecule has 0 atom stereocenters. The van der Waals surface area contributed by atoms with Crippen molar-refractivity contribution in [2.75, 3.05) is 37.7 Å². The van der Waals surface area contributed by atoms with Crippen LogP contribution in [0, 0.1) is 11.3 Å². The number of nitriles is 1. The van der Waals surface area contributed by atoms with Gasteiger partial charge in [0.05, 0.1) is 22.7 Å². The largest absolute Gasteiger partial charge is 0.492 e. The summed E-state index contributed by atoms with van der Waals surface area (Å²) in [6, 6.07) is 7.46. The summed E-state index contributed by atoms with van der Waals surface area (Å²) < 4.78 is 5.83. The molecule has 0 amide bonds. The Morgan fingerprint density at radius 3 is 2.80 bits per heavy atom. The van der Waals surface area contributed by atoms with Gasteiger partial charge in [-0.2, -0.15) is 17.0 Å². The third-order valence-corrected chi connectivity index (χ3v) is 5.16. The minimum absolute atomic E-state index is 0.502. The Hall–Kier alpha value is -1.48. The Morgan fingerprint density at radius 1 is 1.32 bits per heavy atom. The molecule has 3 rings (SSSR count). The lowest BCUT2D eigenvalue weighted by Gasteiger charge is -2.25. The van der Waals surface area contributed by atoms with Crippen LogP contribution in [-0.2, 0) is 0 Å². The first-order valence-electron chi connectivity index (χ1n) is 8.69. The lowest BCUT2D eigenvalue weighted by atomic mass is 10.1. The van der Waals surface area contributed by atoms with Crippen LogP contribution in [0.3, 0.4) is 0 Å². The molecule has 0 bridgehead atoms. The van der Waals surface area contributed by atoms with E-state index in [0.717, 1.165) is 37.0 Å². The summed E-state index contributed by atoms with van der Waals surface area (Å²) in [5, 5.41) is 10.7. The molecular formula is C19H24ClN3OS. The third kappa shape index (κ3) is 5.50. The van der Waals surface area contributed by atoms with Gasteiger partial charge in [-0.15, -0.1) is 0 Å². The molecule has 1 saturated heterocycles. The van der Waals surface area contributed by atoms with E-state index in [1.54, 1.807) is 24.4 Å². The second kappa shape index (κ2) is 10.5. The Kier molecular flexibility index (Phi) is 8.33. The summed E-state index contributed by atoms with van der Waals surface area (Å²) in [7, 11) is 0. The number of ether oxygens (including phenoxy) is 1. The van der Waals surface area contributed by atoms with E-state index >= 15 is 0 Å².